The van der Waals surface area contributed by atoms with E-state index in [0.717, 1.165) is 18.0 Å². The molecule has 0 radical (unpaired) electrons. The first-order chi connectivity index (χ1) is 10.7. The van der Waals surface area contributed by atoms with E-state index in [0.29, 0.717) is 24.8 Å². The molecule has 0 unspecified atom stereocenters. The Morgan fingerprint density at radius 2 is 2.00 bits per heavy atom. The Morgan fingerprint density at radius 1 is 1.23 bits per heavy atom. The summed E-state index contributed by atoms with van der Waals surface area (Å²) < 4.78 is 0. The van der Waals surface area contributed by atoms with Gasteiger partial charge >= 0.3 is 0 Å². The molecule has 0 aliphatic carbocycles. The minimum atomic E-state index is 0.221. The highest BCUT2D eigenvalue weighted by Gasteiger charge is 2.35. The van der Waals surface area contributed by atoms with Gasteiger partial charge in [-0.15, -0.1) is 11.3 Å². The van der Waals surface area contributed by atoms with Gasteiger partial charge in [-0.2, -0.15) is 0 Å². The highest BCUT2D eigenvalue weighted by atomic mass is 32.1. The van der Waals surface area contributed by atoms with Crippen LogP contribution in [0.3, 0.4) is 0 Å². The number of hydrogen-bond donors (Lipinski definition) is 1. The van der Waals surface area contributed by atoms with Crippen molar-refractivity contribution in [3.8, 4) is 0 Å². The van der Waals surface area contributed by atoms with Gasteiger partial charge in [0.1, 0.15) is 0 Å². The van der Waals surface area contributed by atoms with Crippen LogP contribution in [-0.4, -0.2) is 30.4 Å². The van der Waals surface area contributed by atoms with Gasteiger partial charge in [0.05, 0.1) is 6.42 Å². The predicted octanol–water partition coefficient (Wildman–Crippen LogP) is 2.80. The molecule has 3 rings (SSSR count). The molecule has 0 saturated carbocycles. The maximum absolute atomic E-state index is 12.6. The molecule has 22 heavy (non-hydrogen) atoms. The van der Waals surface area contributed by atoms with Gasteiger partial charge in [-0.3, -0.25) is 4.79 Å². The summed E-state index contributed by atoms with van der Waals surface area (Å²) in [6.45, 7) is 4.26. The van der Waals surface area contributed by atoms with Crippen LogP contribution < -0.4 is 5.73 Å². The Kier molecular flexibility index (Phi) is 4.60. The Hall–Kier alpha value is -1.65. The number of carbonyl (C=O) groups is 1. The van der Waals surface area contributed by atoms with E-state index >= 15 is 0 Å². The van der Waals surface area contributed by atoms with Gasteiger partial charge in [-0.05, 0) is 37.1 Å². The number of benzene rings is 1. The highest BCUT2D eigenvalue weighted by molar-refractivity contribution is 7.12. The molecule has 4 heteroatoms. The van der Waals surface area contributed by atoms with Crippen molar-refractivity contribution in [1.82, 2.24) is 4.90 Å². The van der Waals surface area contributed by atoms with Crippen molar-refractivity contribution in [2.75, 3.05) is 19.6 Å². The van der Waals surface area contributed by atoms with Crippen molar-refractivity contribution in [2.24, 2.45) is 11.7 Å². The van der Waals surface area contributed by atoms with Crippen molar-refractivity contribution >= 4 is 17.2 Å². The van der Waals surface area contributed by atoms with E-state index in [1.807, 2.05) is 11.0 Å². The molecule has 2 aromatic rings. The Morgan fingerprint density at radius 3 is 2.64 bits per heavy atom. The summed E-state index contributed by atoms with van der Waals surface area (Å²) in [7, 11) is 0. The zero-order valence-corrected chi connectivity index (χ0v) is 13.7. The van der Waals surface area contributed by atoms with Crippen LogP contribution >= 0.6 is 11.3 Å². The van der Waals surface area contributed by atoms with E-state index in [1.165, 1.54) is 10.4 Å². The second kappa shape index (κ2) is 6.63. The van der Waals surface area contributed by atoms with Crippen LogP contribution in [0.2, 0.25) is 0 Å². The predicted molar refractivity (Wildman–Crippen MR) is 91.1 cm³/mol. The topological polar surface area (TPSA) is 46.3 Å². The largest absolute Gasteiger partial charge is 0.341 e. The van der Waals surface area contributed by atoms with Crippen molar-refractivity contribution in [2.45, 2.75) is 19.3 Å². The standard InChI is InChI=1S/C18H22N2OS/c1-13-7-8-16(22-13)9-18(21)20-11-15(10-19)17(12-20)14-5-3-2-4-6-14/h2-8,15,17H,9-12,19H2,1H3/t15-,17+/m1/s1. The van der Waals surface area contributed by atoms with Crippen LogP contribution in [0.25, 0.3) is 0 Å². The lowest BCUT2D eigenvalue weighted by atomic mass is 9.89. The van der Waals surface area contributed by atoms with Gasteiger partial charge in [0, 0.05) is 28.8 Å². The zero-order valence-electron chi connectivity index (χ0n) is 12.9. The molecule has 0 bridgehead atoms. The first-order valence-electron chi connectivity index (χ1n) is 7.75. The third kappa shape index (κ3) is 3.23. The summed E-state index contributed by atoms with van der Waals surface area (Å²) in [6.07, 6.45) is 0.511. The van der Waals surface area contributed by atoms with Gasteiger partial charge in [0.15, 0.2) is 0 Å². The van der Waals surface area contributed by atoms with Crippen LogP contribution in [0.15, 0.2) is 42.5 Å². The number of rotatable bonds is 4. The van der Waals surface area contributed by atoms with Crippen molar-refractivity contribution in [1.29, 1.82) is 0 Å². The maximum atomic E-state index is 12.6. The summed E-state index contributed by atoms with van der Waals surface area (Å²) in [5.74, 6) is 0.940. The Balaban J connectivity index is 1.69. The lowest BCUT2D eigenvalue weighted by molar-refractivity contribution is -0.129. The van der Waals surface area contributed by atoms with Crippen molar-refractivity contribution < 1.29 is 4.79 Å². The van der Waals surface area contributed by atoms with Crippen molar-refractivity contribution in [3.63, 3.8) is 0 Å². The molecule has 1 aliphatic heterocycles. The first-order valence-corrected chi connectivity index (χ1v) is 8.57. The molecule has 0 spiro atoms. The van der Waals surface area contributed by atoms with Crippen LogP contribution in [0.5, 0.6) is 0 Å². The summed E-state index contributed by atoms with van der Waals surface area (Å²) in [5.41, 5.74) is 7.24. The van der Waals surface area contributed by atoms with Crippen LogP contribution in [0, 0.1) is 12.8 Å². The summed E-state index contributed by atoms with van der Waals surface area (Å²) in [5, 5.41) is 0. The van der Waals surface area contributed by atoms with E-state index in [2.05, 4.69) is 43.3 Å². The number of nitrogens with two attached hydrogens (primary N) is 1. The average molecular weight is 314 g/mol. The summed E-state index contributed by atoms with van der Waals surface area (Å²) in [4.78, 5) is 16.9. The molecule has 1 aliphatic rings. The number of nitrogens with zero attached hydrogens (tertiary/aromatic N) is 1. The minimum Gasteiger partial charge on any atom is -0.341 e. The SMILES string of the molecule is Cc1ccc(CC(=O)N2C[C@@H](CN)[C@H](c3ccccc3)C2)s1. The molecule has 2 heterocycles. The van der Waals surface area contributed by atoms with E-state index in [4.69, 9.17) is 5.73 Å². The monoisotopic (exact) mass is 314 g/mol. The van der Waals surface area contributed by atoms with Crippen molar-refractivity contribution in [3.05, 3.63) is 57.8 Å². The number of likely N-dealkylation sites (tertiary alicyclic amines) is 1. The lowest BCUT2D eigenvalue weighted by Gasteiger charge is -2.16. The van der Waals surface area contributed by atoms with E-state index in [1.54, 1.807) is 11.3 Å². The van der Waals surface area contributed by atoms with E-state index in [9.17, 15) is 4.79 Å². The van der Waals surface area contributed by atoms with Gasteiger partial charge < -0.3 is 10.6 Å². The number of amides is 1. The third-order valence-corrected chi connectivity index (χ3v) is 5.45. The summed E-state index contributed by atoms with van der Waals surface area (Å²) in [6, 6.07) is 14.6. The minimum absolute atomic E-state index is 0.221. The van der Waals surface area contributed by atoms with Crippen LogP contribution in [0.4, 0.5) is 0 Å². The lowest BCUT2D eigenvalue weighted by Crippen LogP contribution is -2.30. The highest BCUT2D eigenvalue weighted by Crippen LogP contribution is 2.32. The maximum Gasteiger partial charge on any atom is 0.227 e. The number of carbonyl (C=O) groups excluding carboxylic acids is 1. The van der Waals surface area contributed by atoms with Gasteiger partial charge in [0.2, 0.25) is 5.91 Å². The van der Waals surface area contributed by atoms with Crippen LogP contribution in [-0.2, 0) is 11.2 Å². The fourth-order valence-electron chi connectivity index (χ4n) is 3.23. The van der Waals surface area contributed by atoms with E-state index in [-0.39, 0.29) is 5.91 Å². The average Bonchev–Trinajstić information content (AvgIpc) is 3.14. The third-order valence-electron chi connectivity index (χ3n) is 4.45. The molecule has 2 N–H and O–H groups in total. The number of hydrogen-bond acceptors (Lipinski definition) is 3. The van der Waals surface area contributed by atoms with Gasteiger partial charge in [-0.1, -0.05) is 30.3 Å². The second-order valence-electron chi connectivity index (χ2n) is 6.00. The fraction of sp³-hybridized carbons (Fsp3) is 0.389. The van der Waals surface area contributed by atoms with Crippen LogP contribution in [0.1, 0.15) is 21.2 Å². The fourth-order valence-corrected chi connectivity index (χ4v) is 4.11. The molecule has 116 valence electrons. The second-order valence-corrected chi connectivity index (χ2v) is 7.37. The van der Waals surface area contributed by atoms with Gasteiger partial charge in [-0.25, -0.2) is 0 Å². The molecular formula is C18H22N2OS. The molecule has 1 saturated heterocycles. The Bertz CT molecular complexity index is 638. The Labute approximate surface area is 135 Å². The van der Waals surface area contributed by atoms with E-state index < -0.39 is 0 Å². The molecule has 2 atom stereocenters. The number of thiophene rings is 1. The molecule has 1 fully saturated rings. The quantitative estimate of drug-likeness (QED) is 0.943. The normalized spacial score (nSPS) is 21.3. The molecule has 3 nitrogen and oxygen atoms in total. The molecule has 1 amide bonds. The first kappa shape index (κ1) is 15.3. The molecule has 1 aromatic carbocycles. The molecule has 1 aromatic heterocycles. The van der Waals surface area contributed by atoms with Gasteiger partial charge in [0.25, 0.3) is 0 Å². The molecular weight excluding hydrogens is 292 g/mol. The zero-order chi connectivity index (χ0) is 15.5. The smallest absolute Gasteiger partial charge is 0.227 e. The summed E-state index contributed by atoms with van der Waals surface area (Å²) >= 11 is 1.71. The number of aryl methyl sites for hydroxylation is 1.